The summed E-state index contributed by atoms with van der Waals surface area (Å²) < 4.78 is 41.4. The van der Waals surface area contributed by atoms with Gasteiger partial charge >= 0.3 is 12.1 Å². The van der Waals surface area contributed by atoms with Gasteiger partial charge in [0.1, 0.15) is 12.4 Å². The summed E-state index contributed by atoms with van der Waals surface area (Å²) in [7, 11) is 0. The second kappa shape index (κ2) is 7.85. The summed E-state index contributed by atoms with van der Waals surface area (Å²) in [6.07, 6.45) is -4.86. The third kappa shape index (κ3) is 6.17. The number of alkyl halides is 3. The second-order valence-electron chi connectivity index (χ2n) is 5.19. The van der Waals surface area contributed by atoms with Gasteiger partial charge in [0.15, 0.2) is 0 Å². The Labute approximate surface area is 131 Å². The Kier molecular flexibility index (Phi) is 6.41. The van der Waals surface area contributed by atoms with Crippen molar-refractivity contribution in [1.29, 1.82) is 0 Å². The first-order valence-electron chi connectivity index (χ1n) is 6.91. The third-order valence-corrected chi connectivity index (χ3v) is 3.04. The number of hydrogen-bond acceptors (Lipinski definition) is 4. The van der Waals surface area contributed by atoms with Gasteiger partial charge in [-0.3, -0.25) is 4.79 Å². The number of aliphatic carboxylic acids is 1. The van der Waals surface area contributed by atoms with Crippen LogP contribution in [0.3, 0.4) is 0 Å². The molecule has 0 spiro atoms. The highest BCUT2D eigenvalue weighted by molar-refractivity contribution is 5.81. The van der Waals surface area contributed by atoms with Crippen LogP contribution < -0.4 is 15.2 Å². The molecule has 1 aromatic carbocycles. The van der Waals surface area contributed by atoms with E-state index in [0.29, 0.717) is 5.56 Å². The molecular weight excluding hydrogens is 315 g/mol. The van der Waals surface area contributed by atoms with E-state index in [1.54, 1.807) is 23.5 Å². The molecule has 0 saturated carbocycles. The average Bonchev–Trinajstić information content (AvgIpc) is 2.44. The molecule has 8 heteroatoms. The molecule has 128 valence electrons. The molecule has 0 aliphatic rings. The summed E-state index contributed by atoms with van der Waals surface area (Å²) >= 11 is 0. The standard InChI is InChI=1S/C15H18F3NO4/c1-9(2)11-4-3-10(12(7-11)23-8-13(20)21)5-6-19-14(22)15(16,17)18/h3-4,7,9H,5-6,8H2,1-2H3,(H,19,22)(H,20,21)/p-1. The van der Waals surface area contributed by atoms with E-state index in [1.807, 2.05) is 13.8 Å². The normalized spacial score (nSPS) is 11.4. The van der Waals surface area contributed by atoms with Gasteiger partial charge in [-0.15, -0.1) is 0 Å². The van der Waals surface area contributed by atoms with E-state index in [2.05, 4.69) is 0 Å². The molecule has 0 heterocycles. The summed E-state index contributed by atoms with van der Waals surface area (Å²) in [5.74, 6) is -3.01. The molecule has 0 aromatic heterocycles. The Balaban J connectivity index is 2.79. The van der Waals surface area contributed by atoms with Gasteiger partial charge in [0.2, 0.25) is 0 Å². The van der Waals surface area contributed by atoms with Gasteiger partial charge in [-0.1, -0.05) is 26.0 Å². The Morgan fingerprint density at radius 1 is 1.30 bits per heavy atom. The van der Waals surface area contributed by atoms with Crippen LogP contribution in [0.25, 0.3) is 0 Å². The van der Waals surface area contributed by atoms with E-state index < -0.39 is 24.7 Å². The molecule has 0 bridgehead atoms. The molecule has 0 atom stereocenters. The molecule has 23 heavy (non-hydrogen) atoms. The maximum absolute atomic E-state index is 12.1. The fourth-order valence-electron chi connectivity index (χ4n) is 1.82. The highest BCUT2D eigenvalue weighted by atomic mass is 19.4. The van der Waals surface area contributed by atoms with Crippen LogP contribution in [0.4, 0.5) is 13.2 Å². The average molecular weight is 332 g/mol. The Hall–Kier alpha value is -2.25. The van der Waals surface area contributed by atoms with Gasteiger partial charge < -0.3 is 20.0 Å². The number of benzene rings is 1. The van der Waals surface area contributed by atoms with Crippen molar-refractivity contribution >= 4 is 11.9 Å². The molecule has 1 amide bonds. The lowest BCUT2D eigenvalue weighted by Gasteiger charge is -2.15. The Bertz CT molecular complexity index is 570. The van der Waals surface area contributed by atoms with Crippen LogP contribution in [0.1, 0.15) is 30.9 Å². The van der Waals surface area contributed by atoms with Crippen molar-refractivity contribution in [1.82, 2.24) is 5.32 Å². The van der Waals surface area contributed by atoms with Crippen LogP contribution in [-0.4, -0.2) is 31.2 Å². The van der Waals surface area contributed by atoms with Gasteiger partial charge in [0.05, 0.1) is 5.97 Å². The van der Waals surface area contributed by atoms with Crippen molar-refractivity contribution in [2.24, 2.45) is 0 Å². The van der Waals surface area contributed by atoms with E-state index >= 15 is 0 Å². The van der Waals surface area contributed by atoms with Crippen LogP contribution in [0.5, 0.6) is 5.75 Å². The molecule has 1 aromatic rings. The van der Waals surface area contributed by atoms with Gasteiger partial charge in [-0.05, 0) is 29.5 Å². The highest BCUT2D eigenvalue weighted by Crippen LogP contribution is 2.25. The van der Waals surface area contributed by atoms with E-state index in [0.717, 1.165) is 5.56 Å². The summed E-state index contributed by atoms with van der Waals surface area (Å²) in [5.41, 5.74) is 1.39. The maximum atomic E-state index is 12.1. The van der Waals surface area contributed by atoms with Crippen LogP contribution in [0.15, 0.2) is 18.2 Å². The molecule has 0 unspecified atom stereocenters. The van der Waals surface area contributed by atoms with Crippen LogP contribution >= 0.6 is 0 Å². The Morgan fingerprint density at radius 2 is 1.96 bits per heavy atom. The second-order valence-corrected chi connectivity index (χ2v) is 5.19. The monoisotopic (exact) mass is 332 g/mol. The van der Waals surface area contributed by atoms with Crippen molar-refractivity contribution in [3.8, 4) is 5.75 Å². The van der Waals surface area contributed by atoms with Crippen LogP contribution in [0.2, 0.25) is 0 Å². The topological polar surface area (TPSA) is 78.5 Å². The zero-order valence-corrected chi connectivity index (χ0v) is 12.7. The zero-order valence-electron chi connectivity index (χ0n) is 12.7. The molecule has 0 aliphatic carbocycles. The number of carbonyl (C=O) groups excluding carboxylic acids is 2. The van der Waals surface area contributed by atoms with E-state index in [-0.39, 0.29) is 24.6 Å². The third-order valence-electron chi connectivity index (χ3n) is 3.04. The van der Waals surface area contributed by atoms with Crippen molar-refractivity contribution in [2.75, 3.05) is 13.2 Å². The number of ether oxygens (including phenoxy) is 1. The number of carboxylic acids is 1. The van der Waals surface area contributed by atoms with E-state index in [9.17, 15) is 27.9 Å². The van der Waals surface area contributed by atoms with Crippen LogP contribution in [0, 0.1) is 0 Å². The molecule has 1 rings (SSSR count). The number of rotatable bonds is 7. The zero-order chi connectivity index (χ0) is 17.6. The summed E-state index contributed by atoms with van der Waals surface area (Å²) in [4.78, 5) is 21.2. The lowest BCUT2D eigenvalue weighted by atomic mass is 10.00. The number of halogens is 3. The largest absolute Gasteiger partial charge is 0.546 e. The Morgan fingerprint density at radius 3 is 2.48 bits per heavy atom. The van der Waals surface area contributed by atoms with Crippen molar-refractivity contribution in [3.63, 3.8) is 0 Å². The first kappa shape index (κ1) is 18.8. The highest BCUT2D eigenvalue weighted by Gasteiger charge is 2.38. The van der Waals surface area contributed by atoms with Crippen molar-refractivity contribution < 1.29 is 32.6 Å². The number of carboxylic acid groups (broad SMARTS) is 1. The lowest BCUT2D eigenvalue weighted by molar-refractivity contribution is -0.307. The minimum Gasteiger partial charge on any atom is -0.546 e. The first-order valence-corrected chi connectivity index (χ1v) is 6.91. The quantitative estimate of drug-likeness (QED) is 0.813. The van der Waals surface area contributed by atoms with Gasteiger partial charge in [-0.2, -0.15) is 13.2 Å². The fourth-order valence-corrected chi connectivity index (χ4v) is 1.82. The SMILES string of the molecule is CC(C)c1ccc(CCNC(=O)C(F)(F)F)c(OCC(=O)[O-])c1. The predicted molar refractivity (Wildman–Crippen MR) is 73.8 cm³/mol. The predicted octanol–water partition coefficient (Wildman–Crippen LogP) is 1.16. The number of hydrogen-bond donors (Lipinski definition) is 1. The molecule has 0 radical (unpaired) electrons. The van der Waals surface area contributed by atoms with E-state index in [1.165, 1.54) is 0 Å². The lowest BCUT2D eigenvalue weighted by Crippen LogP contribution is -2.37. The van der Waals surface area contributed by atoms with Gasteiger partial charge in [0.25, 0.3) is 0 Å². The summed E-state index contributed by atoms with van der Waals surface area (Å²) in [6, 6.07) is 5.05. The van der Waals surface area contributed by atoms with Crippen molar-refractivity contribution in [2.45, 2.75) is 32.4 Å². The molecule has 1 N–H and O–H groups in total. The summed E-state index contributed by atoms with van der Waals surface area (Å²) in [6.45, 7) is 2.95. The minimum atomic E-state index is -4.93. The molecule has 0 fully saturated rings. The van der Waals surface area contributed by atoms with E-state index in [4.69, 9.17) is 4.74 Å². The molecular formula is C15H17F3NO4-. The fraction of sp³-hybridized carbons (Fsp3) is 0.467. The van der Waals surface area contributed by atoms with Gasteiger partial charge in [0, 0.05) is 6.54 Å². The van der Waals surface area contributed by atoms with Gasteiger partial charge in [-0.25, -0.2) is 0 Å². The van der Waals surface area contributed by atoms with Crippen molar-refractivity contribution in [3.05, 3.63) is 29.3 Å². The smallest absolute Gasteiger partial charge is 0.471 e. The number of carbonyl (C=O) groups is 2. The van der Waals surface area contributed by atoms with Crippen LogP contribution in [-0.2, 0) is 16.0 Å². The molecule has 5 nitrogen and oxygen atoms in total. The minimum absolute atomic E-state index is 0.0720. The molecule has 0 aliphatic heterocycles. The molecule has 0 saturated heterocycles. The number of nitrogens with one attached hydrogen (secondary N) is 1. The first-order chi connectivity index (χ1) is 10.6. The summed E-state index contributed by atoms with van der Waals surface area (Å²) in [5, 5.41) is 12.3. The maximum Gasteiger partial charge on any atom is 0.471 e. The number of amides is 1.